The van der Waals surface area contributed by atoms with E-state index in [4.69, 9.17) is 0 Å². The van der Waals surface area contributed by atoms with Crippen LogP contribution in [0.5, 0.6) is 0 Å². The monoisotopic (exact) mass is 536 g/mol. The zero-order valence-corrected chi connectivity index (χ0v) is 19.5. The van der Waals surface area contributed by atoms with Gasteiger partial charge in [-0.25, -0.2) is 9.78 Å². The van der Waals surface area contributed by atoms with Crippen molar-refractivity contribution in [3.63, 3.8) is 0 Å². The maximum atomic E-state index is 13.6. The van der Waals surface area contributed by atoms with Crippen LogP contribution in [0.25, 0.3) is 16.6 Å². The summed E-state index contributed by atoms with van der Waals surface area (Å²) in [6.45, 7) is 0. The smallest absolute Gasteiger partial charge is 0.430 e. The number of methoxy groups -OCH3 is 1. The number of alkyl halides is 6. The summed E-state index contributed by atoms with van der Waals surface area (Å²) in [5.74, 6) is -0.594. The maximum Gasteiger partial charge on any atom is 0.430 e. The van der Waals surface area contributed by atoms with Crippen molar-refractivity contribution in [1.29, 1.82) is 0 Å². The Kier molecular flexibility index (Phi) is 6.79. The molecule has 0 aliphatic rings. The predicted octanol–water partition coefficient (Wildman–Crippen LogP) is 5.08. The van der Waals surface area contributed by atoms with Gasteiger partial charge in [0.2, 0.25) is 0 Å². The fraction of sp³-hybridized carbons (Fsp3) is 0.192. The fourth-order valence-corrected chi connectivity index (χ4v) is 3.98. The van der Waals surface area contributed by atoms with E-state index < -0.39 is 35.0 Å². The standard InChI is InChI=1S/C26H18F6N2O4/c1-38-23(36)16-7-12-20-19(14-16)22(35)34(21(33-20)13-15-5-3-2-4-6-15)18-10-8-17(9-11-18)24(37,25(27,28)29)26(30,31)32/h2-12,14,37H,13H2,1H3. The van der Waals surface area contributed by atoms with E-state index in [1.807, 2.05) is 0 Å². The van der Waals surface area contributed by atoms with Crippen molar-refractivity contribution < 1.29 is 41.0 Å². The number of fused-ring (bicyclic) bond motifs is 1. The second kappa shape index (κ2) is 9.60. The van der Waals surface area contributed by atoms with Gasteiger partial charge in [-0.3, -0.25) is 9.36 Å². The van der Waals surface area contributed by atoms with E-state index in [1.165, 1.54) is 18.2 Å². The van der Waals surface area contributed by atoms with E-state index in [0.29, 0.717) is 12.1 Å². The van der Waals surface area contributed by atoms with E-state index >= 15 is 0 Å². The molecule has 0 unspecified atom stereocenters. The van der Waals surface area contributed by atoms with Crippen molar-refractivity contribution in [1.82, 2.24) is 9.55 Å². The number of hydrogen-bond acceptors (Lipinski definition) is 5. The molecule has 0 saturated heterocycles. The molecule has 12 heteroatoms. The summed E-state index contributed by atoms with van der Waals surface area (Å²) in [6.07, 6.45) is -12.0. The third kappa shape index (κ3) is 4.62. The normalized spacial score (nSPS) is 12.5. The first-order chi connectivity index (χ1) is 17.8. The molecule has 0 bridgehead atoms. The van der Waals surface area contributed by atoms with Crippen molar-refractivity contribution in [2.75, 3.05) is 7.11 Å². The number of carbonyl (C=O) groups is 1. The number of hydrogen-bond donors (Lipinski definition) is 1. The van der Waals surface area contributed by atoms with E-state index in [2.05, 4.69) is 9.72 Å². The largest absolute Gasteiger partial charge is 0.465 e. The molecule has 0 spiro atoms. The van der Waals surface area contributed by atoms with E-state index in [0.717, 1.165) is 29.4 Å². The number of nitrogens with zero attached hydrogens (tertiary/aromatic N) is 2. The van der Waals surface area contributed by atoms with Crippen LogP contribution in [-0.4, -0.2) is 40.1 Å². The van der Waals surface area contributed by atoms with Gasteiger partial charge in [0.25, 0.3) is 11.2 Å². The Morgan fingerprint density at radius 1 is 0.921 bits per heavy atom. The highest BCUT2D eigenvalue weighted by molar-refractivity contribution is 5.94. The third-order valence-corrected chi connectivity index (χ3v) is 5.93. The minimum Gasteiger partial charge on any atom is -0.465 e. The summed E-state index contributed by atoms with van der Waals surface area (Å²) in [7, 11) is 1.15. The molecule has 4 rings (SSSR count). The van der Waals surface area contributed by atoms with Crippen LogP contribution in [-0.2, 0) is 16.8 Å². The Morgan fingerprint density at radius 3 is 2.08 bits per heavy atom. The lowest BCUT2D eigenvalue weighted by molar-refractivity contribution is -0.376. The Hall–Kier alpha value is -4.19. The lowest BCUT2D eigenvalue weighted by atomic mass is 9.92. The quantitative estimate of drug-likeness (QED) is 0.285. The van der Waals surface area contributed by atoms with Crippen LogP contribution in [0.15, 0.2) is 77.6 Å². The molecular weight excluding hydrogens is 518 g/mol. The van der Waals surface area contributed by atoms with E-state index in [1.54, 1.807) is 30.3 Å². The molecular formula is C26H18F6N2O4. The molecule has 0 radical (unpaired) electrons. The van der Waals surface area contributed by atoms with Crippen molar-refractivity contribution >= 4 is 16.9 Å². The van der Waals surface area contributed by atoms with Crippen LogP contribution in [0, 0.1) is 0 Å². The molecule has 0 atom stereocenters. The summed E-state index contributed by atoms with van der Waals surface area (Å²) in [5, 5.41) is 9.66. The first-order valence-electron chi connectivity index (χ1n) is 10.9. The number of esters is 1. The molecule has 198 valence electrons. The van der Waals surface area contributed by atoms with Gasteiger partial charge in [-0.05, 0) is 35.9 Å². The number of aromatic nitrogens is 2. The minimum absolute atomic E-state index is 0.0316. The summed E-state index contributed by atoms with van der Waals surface area (Å²) in [5.41, 5.74) is -6.44. The summed E-state index contributed by atoms with van der Waals surface area (Å²) in [4.78, 5) is 30.0. The van der Waals surface area contributed by atoms with Gasteiger partial charge in [0.15, 0.2) is 0 Å². The van der Waals surface area contributed by atoms with Gasteiger partial charge in [-0.15, -0.1) is 0 Å². The van der Waals surface area contributed by atoms with Gasteiger partial charge in [-0.2, -0.15) is 26.3 Å². The highest BCUT2D eigenvalue weighted by atomic mass is 19.4. The fourth-order valence-electron chi connectivity index (χ4n) is 3.98. The number of benzene rings is 3. The Morgan fingerprint density at radius 2 is 1.53 bits per heavy atom. The summed E-state index contributed by atoms with van der Waals surface area (Å²) in [6, 6.07) is 15.4. The third-order valence-electron chi connectivity index (χ3n) is 5.93. The number of aliphatic hydroxyl groups is 1. The van der Waals surface area contributed by atoms with Crippen molar-refractivity contribution in [3.05, 3.63) is 106 Å². The second-order valence-electron chi connectivity index (χ2n) is 8.31. The zero-order valence-electron chi connectivity index (χ0n) is 19.5. The van der Waals surface area contributed by atoms with Gasteiger partial charge in [-0.1, -0.05) is 42.5 Å². The van der Waals surface area contributed by atoms with E-state index in [9.17, 15) is 41.0 Å². The van der Waals surface area contributed by atoms with Gasteiger partial charge in [0.1, 0.15) is 5.82 Å². The molecule has 0 fully saturated rings. The molecule has 0 amide bonds. The maximum absolute atomic E-state index is 13.6. The minimum atomic E-state index is -6.06. The molecule has 3 aromatic carbocycles. The van der Waals surface area contributed by atoms with Crippen molar-refractivity contribution in [2.24, 2.45) is 0 Å². The van der Waals surface area contributed by atoms with Gasteiger partial charge < -0.3 is 9.84 Å². The molecule has 6 nitrogen and oxygen atoms in total. The highest BCUT2D eigenvalue weighted by Gasteiger charge is 2.71. The lowest BCUT2D eigenvalue weighted by Crippen LogP contribution is -2.53. The van der Waals surface area contributed by atoms with Gasteiger partial charge >= 0.3 is 18.3 Å². The molecule has 1 aromatic heterocycles. The first kappa shape index (κ1) is 26.9. The van der Waals surface area contributed by atoms with Crippen molar-refractivity contribution in [3.8, 4) is 5.69 Å². The topological polar surface area (TPSA) is 81.4 Å². The van der Waals surface area contributed by atoms with Crippen LogP contribution < -0.4 is 5.56 Å². The summed E-state index contributed by atoms with van der Waals surface area (Å²) >= 11 is 0. The van der Waals surface area contributed by atoms with Crippen LogP contribution in [0.3, 0.4) is 0 Å². The van der Waals surface area contributed by atoms with Crippen LogP contribution in [0.1, 0.15) is 27.3 Å². The van der Waals surface area contributed by atoms with Crippen LogP contribution in [0.4, 0.5) is 26.3 Å². The van der Waals surface area contributed by atoms with Crippen molar-refractivity contribution in [2.45, 2.75) is 24.4 Å². The predicted molar refractivity (Wildman–Crippen MR) is 124 cm³/mol. The Balaban J connectivity index is 1.93. The summed E-state index contributed by atoms with van der Waals surface area (Å²) < 4.78 is 85.6. The number of ether oxygens (including phenoxy) is 1. The molecule has 1 N–H and O–H groups in total. The van der Waals surface area contributed by atoms with Gasteiger partial charge in [0.05, 0.1) is 29.3 Å². The molecule has 0 saturated carbocycles. The molecule has 4 aromatic rings. The molecule has 1 heterocycles. The SMILES string of the molecule is COC(=O)c1ccc2nc(Cc3ccccc3)n(-c3ccc(C(O)(C(F)(F)F)C(F)(F)F)cc3)c(=O)c2c1. The average Bonchev–Trinajstić information content (AvgIpc) is 2.87. The number of carbonyl (C=O) groups excluding carboxylic acids is 1. The zero-order chi connectivity index (χ0) is 27.9. The Labute approximate surface area is 210 Å². The van der Waals surface area contributed by atoms with Gasteiger partial charge in [0, 0.05) is 12.0 Å². The van der Waals surface area contributed by atoms with Crippen LogP contribution >= 0.6 is 0 Å². The number of rotatable bonds is 5. The first-order valence-corrected chi connectivity index (χ1v) is 10.9. The second-order valence-corrected chi connectivity index (χ2v) is 8.31. The highest BCUT2D eigenvalue weighted by Crippen LogP contribution is 2.50. The average molecular weight is 536 g/mol. The number of halogens is 6. The van der Waals surface area contributed by atoms with Crippen LogP contribution in [0.2, 0.25) is 0 Å². The van der Waals surface area contributed by atoms with E-state index in [-0.39, 0.29) is 34.4 Å². The molecule has 0 aliphatic heterocycles. The molecule has 0 aliphatic carbocycles. The lowest BCUT2D eigenvalue weighted by Gasteiger charge is -2.32. The molecule has 38 heavy (non-hydrogen) atoms. The Bertz CT molecular complexity index is 1530.